The van der Waals surface area contributed by atoms with E-state index in [0.717, 1.165) is 22.5 Å². The topological polar surface area (TPSA) is 26.3 Å². The normalized spacial score (nSPS) is 10.2. The maximum Gasteiger partial charge on any atom is 0.150 e. The Hall–Kier alpha value is -1.61. The van der Waals surface area contributed by atoms with Crippen molar-refractivity contribution in [2.75, 3.05) is 6.61 Å². The van der Waals surface area contributed by atoms with Crippen molar-refractivity contribution in [1.29, 1.82) is 0 Å². The maximum absolute atomic E-state index is 11.1. The number of aryl methyl sites for hydroxylation is 1. The van der Waals surface area contributed by atoms with E-state index in [9.17, 15) is 4.79 Å². The first-order valence-electron chi connectivity index (χ1n) is 5.52. The lowest BCUT2D eigenvalue weighted by molar-refractivity contribution is 0.112. The van der Waals surface area contributed by atoms with Crippen LogP contribution in [0.5, 0.6) is 5.75 Å². The number of hydrogen-bond acceptors (Lipinski definition) is 3. The standard InChI is InChI=1S/C14H14O2S/c1-3-16-12-4-5-13(11(7-12)8-15)14-6-10(2)9-17-14/h4-9H,3H2,1-2H3. The Morgan fingerprint density at radius 1 is 1.35 bits per heavy atom. The van der Waals surface area contributed by atoms with Crippen LogP contribution in [0.15, 0.2) is 29.6 Å². The van der Waals surface area contributed by atoms with Crippen molar-refractivity contribution in [3.8, 4) is 16.2 Å². The van der Waals surface area contributed by atoms with Crippen LogP contribution < -0.4 is 4.74 Å². The molecule has 3 heteroatoms. The van der Waals surface area contributed by atoms with Gasteiger partial charge in [-0.25, -0.2) is 0 Å². The van der Waals surface area contributed by atoms with Crippen LogP contribution in [0, 0.1) is 6.92 Å². The van der Waals surface area contributed by atoms with E-state index in [-0.39, 0.29) is 0 Å². The number of rotatable bonds is 4. The molecular formula is C14H14O2S. The molecule has 0 atom stereocenters. The second-order valence-electron chi connectivity index (χ2n) is 3.79. The lowest BCUT2D eigenvalue weighted by atomic mass is 10.1. The fourth-order valence-corrected chi connectivity index (χ4v) is 2.64. The van der Waals surface area contributed by atoms with E-state index < -0.39 is 0 Å². The minimum atomic E-state index is 0.607. The van der Waals surface area contributed by atoms with Crippen LogP contribution in [-0.4, -0.2) is 12.9 Å². The van der Waals surface area contributed by atoms with Crippen LogP contribution >= 0.6 is 11.3 Å². The lowest BCUT2D eigenvalue weighted by Crippen LogP contribution is -1.93. The van der Waals surface area contributed by atoms with Crippen LogP contribution in [0.2, 0.25) is 0 Å². The average Bonchev–Trinajstić information content (AvgIpc) is 2.76. The Balaban J connectivity index is 2.44. The van der Waals surface area contributed by atoms with Gasteiger partial charge in [0.15, 0.2) is 6.29 Å². The molecule has 0 aliphatic heterocycles. The molecule has 0 amide bonds. The molecule has 0 saturated carbocycles. The number of thiophene rings is 1. The molecule has 0 radical (unpaired) electrons. The zero-order valence-electron chi connectivity index (χ0n) is 9.90. The summed E-state index contributed by atoms with van der Waals surface area (Å²) < 4.78 is 5.39. The van der Waals surface area contributed by atoms with Crippen LogP contribution in [0.1, 0.15) is 22.8 Å². The predicted molar refractivity (Wildman–Crippen MR) is 71.0 cm³/mol. The first-order chi connectivity index (χ1) is 8.24. The first-order valence-corrected chi connectivity index (χ1v) is 6.40. The highest BCUT2D eigenvalue weighted by molar-refractivity contribution is 7.13. The van der Waals surface area contributed by atoms with Gasteiger partial charge in [-0.3, -0.25) is 4.79 Å². The minimum absolute atomic E-state index is 0.607. The van der Waals surface area contributed by atoms with E-state index in [1.165, 1.54) is 5.56 Å². The second kappa shape index (κ2) is 5.15. The average molecular weight is 246 g/mol. The van der Waals surface area contributed by atoms with Gasteiger partial charge >= 0.3 is 0 Å². The second-order valence-corrected chi connectivity index (χ2v) is 4.70. The summed E-state index contributed by atoms with van der Waals surface area (Å²) in [5, 5.41) is 2.08. The highest BCUT2D eigenvalue weighted by Crippen LogP contribution is 2.31. The van der Waals surface area contributed by atoms with Gasteiger partial charge < -0.3 is 4.74 Å². The highest BCUT2D eigenvalue weighted by atomic mass is 32.1. The highest BCUT2D eigenvalue weighted by Gasteiger charge is 2.08. The Morgan fingerprint density at radius 2 is 2.18 bits per heavy atom. The smallest absolute Gasteiger partial charge is 0.150 e. The number of aldehydes is 1. The molecule has 0 fully saturated rings. The van der Waals surface area contributed by atoms with Gasteiger partial charge in [-0.05, 0) is 49.1 Å². The van der Waals surface area contributed by atoms with Gasteiger partial charge in [-0.2, -0.15) is 0 Å². The molecule has 88 valence electrons. The molecule has 2 aromatic rings. The van der Waals surface area contributed by atoms with Crippen molar-refractivity contribution >= 4 is 17.6 Å². The Bertz CT molecular complexity index is 529. The summed E-state index contributed by atoms with van der Waals surface area (Å²) in [6, 6.07) is 7.73. The Morgan fingerprint density at radius 3 is 2.76 bits per heavy atom. The molecular weight excluding hydrogens is 232 g/mol. The summed E-state index contributed by atoms with van der Waals surface area (Å²) in [5.41, 5.74) is 2.87. The van der Waals surface area contributed by atoms with Crippen molar-refractivity contribution in [2.24, 2.45) is 0 Å². The van der Waals surface area contributed by atoms with Crippen LogP contribution in [0.3, 0.4) is 0 Å². The Kier molecular flexibility index (Phi) is 3.59. The first kappa shape index (κ1) is 11.9. The summed E-state index contributed by atoms with van der Waals surface area (Å²) in [6.45, 7) is 4.59. The monoisotopic (exact) mass is 246 g/mol. The molecule has 1 heterocycles. The van der Waals surface area contributed by atoms with Gasteiger partial charge in [0.1, 0.15) is 5.75 Å². The third-order valence-electron chi connectivity index (χ3n) is 2.46. The molecule has 0 aliphatic rings. The van der Waals surface area contributed by atoms with Crippen molar-refractivity contribution in [3.05, 3.63) is 40.8 Å². The summed E-state index contributed by atoms with van der Waals surface area (Å²) in [4.78, 5) is 12.2. The van der Waals surface area contributed by atoms with Crippen molar-refractivity contribution in [2.45, 2.75) is 13.8 Å². The number of carbonyl (C=O) groups is 1. The van der Waals surface area contributed by atoms with E-state index in [0.29, 0.717) is 12.2 Å². The van der Waals surface area contributed by atoms with Gasteiger partial charge in [0.05, 0.1) is 6.61 Å². The largest absolute Gasteiger partial charge is 0.494 e. The van der Waals surface area contributed by atoms with Crippen molar-refractivity contribution < 1.29 is 9.53 Å². The number of benzene rings is 1. The minimum Gasteiger partial charge on any atom is -0.494 e. The summed E-state index contributed by atoms with van der Waals surface area (Å²) >= 11 is 1.65. The molecule has 0 saturated heterocycles. The molecule has 2 nitrogen and oxygen atoms in total. The lowest BCUT2D eigenvalue weighted by Gasteiger charge is -2.06. The quantitative estimate of drug-likeness (QED) is 0.764. The third kappa shape index (κ3) is 2.56. The van der Waals surface area contributed by atoms with E-state index in [4.69, 9.17) is 4.74 Å². The fraction of sp³-hybridized carbons (Fsp3) is 0.214. The van der Waals surface area contributed by atoms with E-state index in [2.05, 4.69) is 18.4 Å². The van der Waals surface area contributed by atoms with Crippen molar-refractivity contribution in [1.82, 2.24) is 0 Å². The van der Waals surface area contributed by atoms with Crippen LogP contribution in [-0.2, 0) is 0 Å². The molecule has 0 bridgehead atoms. The number of carbonyl (C=O) groups excluding carboxylic acids is 1. The van der Waals surface area contributed by atoms with Gasteiger partial charge in [-0.15, -0.1) is 11.3 Å². The number of ether oxygens (including phenoxy) is 1. The summed E-state index contributed by atoms with van der Waals surface area (Å²) in [6.07, 6.45) is 0.882. The summed E-state index contributed by atoms with van der Waals surface area (Å²) in [7, 11) is 0. The summed E-state index contributed by atoms with van der Waals surface area (Å²) in [5.74, 6) is 0.742. The van der Waals surface area contributed by atoms with E-state index >= 15 is 0 Å². The molecule has 0 unspecified atom stereocenters. The number of hydrogen-bond donors (Lipinski definition) is 0. The zero-order valence-corrected chi connectivity index (χ0v) is 10.7. The molecule has 0 spiro atoms. The van der Waals surface area contributed by atoms with E-state index in [1.54, 1.807) is 17.4 Å². The third-order valence-corrected chi connectivity index (χ3v) is 3.54. The molecule has 17 heavy (non-hydrogen) atoms. The molecule has 0 aliphatic carbocycles. The maximum atomic E-state index is 11.1. The van der Waals surface area contributed by atoms with E-state index in [1.807, 2.05) is 19.1 Å². The van der Waals surface area contributed by atoms with Crippen LogP contribution in [0.25, 0.3) is 10.4 Å². The van der Waals surface area contributed by atoms with Gasteiger partial charge in [0.2, 0.25) is 0 Å². The molecule has 1 aromatic heterocycles. The van der Waals surface area contributed by atoms with Crippen LogP contribution in [0.4, 0.5) is 0 Å². The fourth-order valence-electron chi connectivity index (χ4n) is 1.69. The molecule has 2 rings (SSSR count). The molecule has 0 N–H and O–H groups in total. The van der Waals surface area contributed by atoms with Gasteiger partial charge in [0.25, 0.3) is 0 Å². The SMILES string of the molecule is CCOc1ccc(-c2cc(C)cs2)c(C=O)c1. The molecule has 1 aromatic carbocycles. The van der Waals surface area contributed by atoms with Crippen molar-refractivity contribution in [3.63, 3.8) is 0 Å². The predicted octanol–water partition coefficient (Wildman–Crippen LogP) is 3.93. The zero-order chi connectivity index (χ0) is 12.3. The van der Waals surface area contributed by atoms with Gasteiger partial charge in [0, 0.05) is 16.0 Å². The Labute approximate surface area is 105 Å². The van der Waals surface area contributed by atoms with Gasteiger partial charge in [-0.1, -0.05) is 0 Å².